The van der Waals surface area contributed by atoms with Crippen LogP contribution in [0.2, 0.25) is 0 Å². The van der Waals surface area contributed by atoms with Gasteiger partial charge in [-0.2, -0.15) is 0 Å². The first-order chi connectivity index (χ1) is 8.23. The van der Waals surface area contributed by atoms with E-state index >= 15 is 0 Å². The summed E-state index contributed by atoms with van der Waals surface area (Å²) in [4.78, 5) is 0. The van der Waals surface area contributed by atoms with Gasteiger partial charge in [0.15, 0.2) is 0 Å². The number of rotatable bonds is 6. The lowest BCUT2D eigenvalue weighted by molar-refractivity contribution is -0.0945. The van der Waals surface area contributed by atoms with Crippen LogP contribution in [0.1, 0.15) is 73.6 Å². The second-order valence-corrected chi connectivity index (χ2v) is 7.10. The molecule has 0 amide bonds. The highest BCUT2D eigenvalue weighted by molar-refractivity contribution is 4.98. The van der Waals surface area contributed by atoms with Crippen molar-refractivity contribution < 1.29 is 9.84 Å². The summed E-state index contributed by atoms with van der Waals surface area (Å²) in [6.07, 6.45) is 5.30. The average Bonchev–Trinajstić information content (AvgIpc) is 2.45. The van der Waals surface area contributed by atoms with E-state index in [0.29, 0.717) is 5.92 Å². The average molecular weight is 256 g/mol. The van der Waals surface area contributed by atoms with Crippen molar-refractivity contribution in [1.29, 1.82) is 0 Å². The van der Waals surface area contributed by atoms with E-state index in [2.05, 4.69) is 41.5 Å². The minimum atomic E-state index is -0.221. The van der Waals surface area contributed by atoms with Crippen molar-refractivity contribution in [2.75, 3.05) is 0 Å². The lowest BCUT2D eigenvalue weighted by Crippen LogP contribution is -2.40. The summed E-state index contributed by atoms with van der Waals surface area (Å²) < 4.78 is 6.12. The molecule has 0 spiro atoms. The predicted octanol–water partition coefficient (Wildman–Crippen LogP) is 4.16. The van der Waals surface area contributed by atoms with Gasteiger partial charge in [0.25, 0.3) is 0 Å². The third kappa shape index (κ3) is 3.71. The largest absolute Gasteiger partial charge is 0.392 e. The van der Waals surface area contributed by atoms with Crippen LogP contribution in [0.25, 0.3) is 0 Å². The zero-order valence-corrected chi connectivity index (χ0v) is 13.1. The Morgan fingerprint density at radius 2 is 1.61 bits per heavy atom. The molecule has 18 heavy (non-hydrogen) atoms. The van der Waals surface area contributed by atoms with Crippen molar-refractivity contribution in [2.24, 2.45) is 11.8 Å². The minimum Gasteiger partial charge on any atom is -0.392 e. The van der Waals surface area contributed by atoms with Gasteiger partial charge in [-0.1, -0.05) is 26.7 Å². The molecule has 108 valence electrons. The fraction of sp³-hybridized carbons (Fsp3) is 1.00. The highest BCUT2D eigenvalue weighted by Crippen LogP contribution is 2.45. The Hall–Kier alpha value is -0.0800. The molecule has 1 fully saturated rings. The molecular formula is C16H32O2. The van der Waals surface area contributed by atoms with E-state index in [4.69, 9.17) is 4.74 Å². The first-order valence-electron chi connectivity index (χ1n) is 7.61. The number of aliphatic hydroxyl groups excluding tert-OH is 1. The van der Waals surface area contributed by atoms with Gasteiger partial charge in [0.2, 0.25) is 0 Å². The zero-order chi connectivity index (χ0) is 14.0. The summed E-state index contributed by atoms with van der Waals surface area (Å²) in [5.41, 5.74) is -0.305. The van der Waals surface area contributed by atoms with E-state index in [1.54, 1.807) is 0 Å². The number of hydrogen-bond acceptors (Lipinski definition) is 2. The maximum Gasteiger partial charge on any atom is 0.0687 e. The summed E-state index contributed by atoms with van der Waals surface area (Å²) in [6, 6.07) is 0. The molecule has 1 heterocycles. The smallest absolute Gasteiger partial charge is 0.0687 e. The Morgan fingerprint density at radius 3 is 1.94 bits per heavy atom. The Balaban J connectivity index is 2.77. The Bertz CT molecular complexity index is 252. The normalized spacial score (nSPS) is 27.7. The molecule has 0 aromatic rings. The third-order valence-electron chi connectivity index (χ3n) is 4.36. The summed E-state index contributed by atoms with van der Waals surface area (Å²) >= 11 is 0. The molecule has 0 aromatic carbocycles. The van der Waals surface area contributed by atoms with Crippen molar-refractivity contribution in [3.8, 4) is 0 Å². The van der Waals surface area contributed by atoms with Gasteiger partial charge in [0.1, 0.15) is 0 Å². The number of ether oxygens (including phenoxy) is 1. The molecular weight excluding hydrogens is 224 g/mol. The maximum absolute atomic E-state index is 10.8. The molecule has 1 saturated heterocycles. The number of aliphatic hydroxyl groups is 1. The molecule has 2 atom stereocenters. The van der Waals surface area contributed by atoms with Crippen molar-refractivity contribution in [3.05, 3.63) is 0 Å². The molecule has 2 heteroatoms. The van der Waals surface area contributed by atoms with Crippen LogP contribution >= 0.6 is 0 Å². The van der Waals surface area contributed by atoms with Gasteiger partial charge >= 0.3 is 0 Å². The molecule has 0 bridgehead atoms. The number of hydrogen-bond donors (Lipinski definition) is 1. The highest BCUT2D eigenvalue weighted by Gasteiger charge is 2.49. The van der Waals surface area contributed by atoms with Gasteiger partial charge in [-0.15, -0.1) is 0 Å². The van der Waals surface area contributed by atoms with Crippen LogP contribution in [0.3, 0.4) is 0 Å². The fourth-order valence-corrected chi connectivity index (χ4v) is 3.69. The predicted molar refractivity (Wildman–Crippen MR) is 76.7 cm³/mol. The summed E-state index contributed by atoms with van der Waals surface area (Å²) in [6.45, 7) is 12.9. The topological polar surface area (TPSA) is 29.5 Å². The maximum atomic E-state index is 10.8. The quantitative estimate of drug-likeness (QED) is 0.773. The minimum absolute atomic E-state index is 0.0991. The molecule has 0 aliphatic carbocycles. The lowest BCUT2D eigenvalue weighted by atomic mass is 9.76. The van der Waals surface area contributed by atoms with Crippen molar-refractivity contribution in [2.45, 2.75) is 91.0 Å². The van der Waals surface area contributed by atoms with E-state index in [-0.39, 0.29) is 23.2 Å². The monoisotopic (exact) mass is 256 g/mol. The molecule has 2 unspecified atom stereocenters. The standard InChI is InChI=1S/C16H32O2/c1-7-9-12(10-8-2)14(17)13-11-15(3,4)18-16(13,5)6/h12-14,17H,7-11H2,1-6H3. The van der Waals surface area contributed by atoms with Crippen LogP contribution in [0.5, 0.6) is 0 Å². The van der Waals surface area contributed by atoms with Gasteiger partial charge in [-0.05, 0) is 52.9 Å². The SMILES string of the molecule is CCCC(CCC)C(O)C1CC(C)(C)OC1(C)C. The molecule has 1 aliphatic rings. The fourth-order valence-electron chi connectivity index (χ4n) is 3.69. The van der Waals surface area contributed by atoms with Gasteiger partial charge in [-0.25, -0.2) is 0 Å². The summed E-state index contributed by atoms with van der Waals surface area (Å²) in [7, 11) is 0. The molecule has 0 saturated carbocycles. The molecule has 1 aliphatic heterocycles. The Labute approximate surface area is 113 Å². The highest BCUT2D eigenvalue weighted by atomic mass is 16.5. The van der Waals surface area contributed by atoms with Gasteiger partial charge in [0.05, 0.1) is 17.3 Å². The summed E-state index contributed by atoms with van der Waals surface area (Å²) in [5.74, 6) is 0.692. The van der Waals surface area contributed by atoms with Gasteiger partial charge < -0.3 is 9.84 Å². The first-order valence-corrected chi connectivity index (χ1v) is 7.61. The van der Waals surface area contributed by atoms with Gasteiger partial charge in [-0.3, -0.25) is 0 Å². The van der Waals surface area contributed by atoms with E-state index in [1.807, 2.05) is 0 Å². The molecule has 2 nitrogen and oxygen atoms in total. The third-order valence-corrected chi connectivity index (χ3v) is 4.36. The van der Waals surface area contributed by atoms with Crippen LogP contribution in [0, 0.1) is 11.8 Å². The van der Waals surface area contributed by atoms with Crippen LogP contribution in [-0.2, 0) is 4.74 Å². The first kappa shape index (κ1) is 16.0. The second-order valence-electron chi connectivity index (χ2n) is 7.10. The second kappa shape index (κ2) is 5.92. The van der Waals surface area contributed by atoms with Crippen LogP contribution in [-0.4, -0.2) is 22.4 Å². The molecule has 1 rings (SSSR count). The molecule has 1 N–H and O–H groups in total. The van der Waals surface area contributed by atoms with Crippen molar-refractivity contribution in [1.82, 2.24) is 0 Å². The molecule has 0 radical (unpaired) electrons. The van der Waals surface area contributed by atoms with E-state index < -0.39 is 0 Å². The van der Waals surface area contributed by atoms with E-state index in [0.717, 1.165) is 32.1 Å². The van der Waals surface area contributed by atoms with Crippen molar-refractivity contribution in [3.63, 3.8) is 0 Å². The lowest BCUT2D eigenvalue weighted by Gasteiger charge is -2.34. The van der Waals surface area contributed by atoms with Crippen LogP contribution in [0.15, 0.2) is 0 Å². The Morgan fingerprint density at radius 1 is 1.11 bits per heavy atom. The van der Waals surface area contributed by atoms with Gasteiger partial charge in [0, 0.05) is 5.92 Å². The summed E-state index contributed by atoms with van der Waals surface area (Å²) in [5, 5.41) is 10.8. The van der Waals surface area contributed by atoms with E-state index in [9.17, 15) is 5.11 Å². The van der Waals surface area contributed by atoms with Crippen LogP contribution in [0.4, 0.5) is 0 Å². The van der Waals surface area contributed by atoms with Crippen LogP contribution < -0.4 is 0 Å². The Kier molecular flexibility index (Phi) is 5.25. The van der Waals surface area contributed by atoms with Crippen molar-refractivity contribution >= 4 is 0 Å². The molecule has 0 aromatic heterocycles. The van der Waals surface area contributed by atoms with E-state index in [1.165, 1.54) is 0 Å². The zero-order valence-electron chi connectivity index (χ0n) is 13.1.